The number of carbonyl (C=O) groups excluding carboxylic acids is 4. The number of nitrogens with two attached hydrogens (primary N) is 1. The van der Waals surface area contributed by atoms with Crippen LogP contribution in [0.25, 0.3) is 6.08 Å². The van der Waals surface area contributed by atoms with Gasteiger partial charge in [0.1, 0.15) is 22.8 Å². The molecule has 4 rings (SSSR count). The van der Waals surface area contributed by atoms with Gasteiger partial charge in [-0.15, -0.1) is 23.1 Å². The molecule has 0 aliphatic carbocycles. The lowest BCUT2D eigenvalue weighted by atomic mass is 10.0. The molecule has 2 aliphatic rings. The molecular formula is C26H28N6O7S2. The molecule has 2 amide bonds. The number of hydrogen-bond donors (Lipinski definition) is 3. The van der Waals surface area contributed by atoms with E-state index in [-0.39, 0.29) is 28.9 Å². The van der Waals surface area contributed by atoms with E-state index in [0.29, 0.717) is 11.3 Å². The molecule has 15 heteroatoms. The Morgan fingerprint density at radius 3 is 2.71 bits per heavy atom. The molecule has 0 aromatic carbocycles. The zero-order valence-electron chi connectivity index (χ0n) is 22.3. The van der Waals surface area contributed by atoms with Crippen LogP contribution in [0.15, 0.2) is 52.4 Å². The number of amides is 2. The first-order valence-electron chi connectivity index (χ1n) is 12.5. The normalized spacial score (nSPS) is 19.6. The summed E-state index contributed by atoms with van der Waals surface area (Å²) in [7, 11) is 0. The lowest BCUT2D eigenvalue weighted by Crippen LogP contribution is -2.71. The van der Waals surface area contributed by atoms with Gasteiger partial charge in [0.2, 0.25) is 6.29 Å². The Kier molecular flexibility index (Phi) is 9.39. The van der Waals surface area contributed by atoms with Gasteiger partial charge in [-0.1, -0.05) is 37.2 Å². The molecule has 41 heavy (non-hydrogen) atoms. The van der Waals surface area contributed by atoms with Crippen molar-refractivity contribution in [2.45, 2.75) is 44.9 Å². The molecule has 0 spiro atoms. The van der Waals surface area contributed by atoms with Crippen LogP contribution in [0.2, 0.25) is 0 Å². The third-order valence-corrected chi connectivity index (χ3v) is 7.84. The number of thioether (sulfide) groups is 1. The second-order valence-electron chi connectivity index (χ2n) is 9.43. The van der Waals surface area contributed by atoms with Gasteiger partial charge in [0.05, 0.1) is 0 Å². The number of oxime groups is 1. The highest BCUT2D eigenvalue weighted by Crippen LogP contribution is 2.41. The number of aromatic nitrogens is 2. The van der Waals surface area contributed by atoms with E-state index >= 15 is 0 Å². The average molecular weight is 601 g/mol. The van der Waals surface area contributed by atoms with Gasteiger partial charge in [0.15, 0.2) is 10.8 Å². The summed E-state index contributed by atoms with van der Waals surface area (Å²) < 4.78 is 10.6. The summed E-state index contributed by atoms with van der Waals surface area (Å²) in [5.74, 6) is -2.43. The monoisotopic (exact) mass is 600 g/mol. The van der Waals surface area contributed by atoms with Crippen molar-refractivity contribution >= 4 is 63.8 Å². The second-order valence-corrected chi connectivity index (χ2v) is 11.4. The first-order chi connectivity index (χ1) is 19.6. The number of fused-ring (bicyclic) bond motifs is 1. The van der Waals surface area contributed by atoms with Crippen LogP contribution in [0.5, 0.6) is 0 Å². The number of pyridine rings is 1. The zero-order chi connectivity index (χ0) is 29.7. The molecule has 216 valence electrons. The summed E-state index contributed by atoms with van der Waals surface area (Å²) in [4.78, 5) is 60.8. The van der Waals surface area contributed by atoms with E-state index in [0.717, 1.165) is 16.9 Å². The van der Waals surface area contributed by atoms with Gasteiger partial charge < -0.3 is 25.7 Å². The summed E-state index contributed by atoms with van der Waals surface area (Å²) in [5, 5.41) is 15.9. The molecule has 2 aliphatic heterocycles. The highest BCUT2D eigenvalue weighted by molar-refractivity contribution is 8.00. The Balaban J connectivity index is 1.55. The number of β-lactam (4-membered cyclic amide) rings is 1. The molecular weight excluding hydrogens is 572 g/mol. The van der Waals surface area contributed by atoms with E-state index in [1.807, 2.05) is 19.9 Å². The molecule has 3 atom stereocenters. The fraction of sp³-hybridized carbons (Fsp3) is 0.346. The van der Waals surface area contributed by atoms with Crippen LogP contribution in [-0.2, 0) is 28.7 Å². The number of thiazole rings is 1. The van der Waals surface area contributed by atoms with Gasteiger partial charge in [0, 0.05) is 36.9 Å². The van der Waals surface area contributed by atoms with Crippen LogP contribution >= 0.6 is 23.1 Å². The van der Waals surface area contributed by atoms with Gasteiger partial charge in [-0.3, -0.25) is 24.3 Å². The van der Waals surface area contributed by atoms with Crippen LogP contribution in [0.1, 0.15) is 38.4 Å². The SMILES string of the molecule is CC(C)CC(=O)O[C@@H](C)OC(=O)C1=C(/C=C\c2cccnc2)CS[C@H]2[C@H](NC(=O)C(=NO)c3csc(N)n3)C(=O)N12. The Morgan fingerprint density at radius 1 is 1.29 bits per heavy atom. The van der Waals surface area contributed by atoms with Crippen molar-refractivity contribution in [3.05, 3.63) is 58.5 Å². The molecule has 4 N–H and O–H groups in total. The number of anilines is 1. The molecule has 0 unspecified atom stereocenters. The maximum atomic E-state index is 13.4. The van der Waals surface area contributed by atoms with E-state index in [1.165, 1.54) is 29.0 Å². The summed E-state index contributed by atoms with van der Waals surface area (Å²) in [6.45, 7) is 5.13. The van der Waals surface area contributed by atoms with E-state index < -0.39 is 47.2 Å². The van der Waals surface area contributed by atoms with Crippen LogP contribution in [-0.4, -0.2) is 73.0 Å². The largest absolute Gasteiger partial charge is 0.425 e. The number of nitrogens with zero attached hydrogens (tertiary/aromatic N) is 4. The Bertz CT molecular complexity index is 1420. The highest BCUT2D eigenvalue weighted by Gasteiger charge is 2.54. The quantitative estimate of drug-likeness (QED) is 0.0906. The number of nitrogens with one attached hydrogen (secondary N) is 1. The third-order valence-electron chi connectivity index (χ3n) is 5.86. The van der Waals surface area contributed by atoms with Crippen molar-refractivity contribution < 1.29 is 33.9 Å². The lowest BCUT2D eigenvalue weighted by Gasteiger charge is -2.49. The maximum absolute atomic E-state index is 13.4. The van der Waals surface area contributed by atoms with E-state index in [9.17, 15) is 24.4 Å². The topological polar surface area (TPSA) is 186 Å². The fourth-order valence-corrected chi connectivity index (χ4v) is 5.91. The second kappa shape index (κ2) is 13.0. The van der Waals surface area contributed by atoms with Gasteiger partial charge in [-0.25, -0.2) is 9.78 Å². The molecule has 2 aromatic heterocycles. The molecule has 13 nitrogen and oxygen atoms in total. The number of hydrogen-bond acceptors (Lipinski definition) is 13. The Labute approximate surface area is 243 Å². The molecule has 0 saturated carbocycles. The lowest BCUT2D eigenvalue weighted by molar-refractivity contribution is -0.184. The van der Waals surface area contributed by atoms with Crippen molar-refractivity contribution in [1.82, 2.24) is 20.2 Å². The van der Waals surface area contributed by atoms with E-state index in [2.05, 4.69) is 20.4 Å². The molecule has 4 heterocycles. The fourth-order valence-electron chi connectivity index (χ4n) is 4.05. The van der Waals surface area contributed by atoms with Crippen LogP contribution in [0, 0.1) is 5.92 Å². The van der Waals surface area contributed by atoms with Gasteiger partial charge in [-0.05, 0) is 23.1 Å². The van der Waals surface area contributed by atoms with Crippen molar-refractivity contribution in [3.8, 4) is 0 Å². The van der Waals surface area contributed by atoms with Gasteiger partial charge >= 0.3 is 11.9 Å². The van der Waals surface area contributed by atoms with E-state index in [4.69, 9.17) is 15.2 Å². The van der Waals surface area contributed by atoms with Gasteiger partial charge in [0.25, 0.3) is 11.8 Å². The van der Waals surface area contributed by atoms with Crippen molar-refractivity contribution in [2.75, 3.05) is 11.5 Å². The number of esters is 2. The third kappa shape index (κ3) is 6.92. The number of ether oxygens (including phenoxy) is 2. The van der Waals surface area contributed by atoms with Crippen molar-refractivity contribution in [2.24, 2.45) is 11.1 Å². The van der Waals surface area contributed by atoms with Crippen LogP contribution < -0.4 is 11.1 Å². The molecule has 2 aromatic rings. The smallest absolute Gasteiger partial charge is 0.358 e. The van der Waals surface area contributed by atoms with Crippen molar-refractivity contribution in [1.29, 1.82) is 0 Å². The Hall–Kier alpha value is -4.24. The Morgan fingerprint density at radius 2 is 2.07 bits per heavy atom. The minimum absolute atomic E-state index is 0.0283. The standard InChI is InChI=1S/C26H28N6O7S2/c1-13(2)9-18(33)38-14(3)39-25(36)21-16(7-6-15-5-4-8-28-10-15)11-40-24-20(23(35)32(21)24)30-22(34)19(31-37)17-12-41-26(27)29-17/h4-8,10,12-14,20,24,37H,9,11H2,1-3H3,(H2,27,29)(H,30,34)/b7-6-,31-19?/t14-,20-,24+/m1/s1. The highest BCUT2D eigenvalue weighted by atomic mass is 32.2. The number of carbonyl (C=O) groups is 4. The summed E-state index contributed by atoms with van der Waals surface area (Å²) in [6, 6.07) is 2.57. The molecule has 1 saturated heterocycles. The van der Waals surface area contributed by atoms with Crippen molar-refractivity contribution in [3.63, 3.8) is 0 Å². The average Bonchev–Trinajstić information content (AvgIpc) is 3.35. The van der Waals surface area contributed by atoms with E-state index in [1.54, 1.807) is 30.6 Å². The first kappa shape index (κ1) is 29.7. The predicted molar refractivity (Wildman–Crippen MR) is 151 cm³/mol. The minimum Gasteiger partial charge on any atom is -0.425 e. The molecule has 0 radical (unpaired) electrons. The van der Waals surface area contributed by atoms with Crippen LogP contribution in [0.4, 0.5) is 5.13 Å². The summed E-state index contributed by atoms with van der Waals surface area (Å²) in [6.07, 6.45) is 5.66. The summed E-state index contributed by atoms with van der Waals surface area (Å²) >= 11 is 2.38. The number of nitrogen functional groups attached to an aromatic ring is 1. The predicted octanol–water partition coefficient (Wildman–Crippen LogP) is 2.14. The number of allylic oxidation sites excluding steroid dienone is 1. The maximum Gasteiger partial charge on any atom is 0.358 e. The van der Waals surface area contributed by atoms with Gasteiger partial charge in [-0.2, -0.15) is 0 Å². The van der Waals surface area contributed by atoms with Crippen LogP contribution in [0.3, 0.4) is 0 Å². The summed E-state index contributed by atoms with van der Waals surface area (Å²) in [5.41, 5.74) is 6.50. The molecule has 0 bridgehead atoms. The minimum atomic E-state index is -1.20. The number of rotatable bonds is 10. The molecule has 1 fully saturated rings. The first-order valence-corrected chi connectivity index (χ1v) is 14.4. The zero-order valence-corrected chi connectivity index (χ0v) is 24.0.